The average Bonchev–Trinajstić information content (AvgIpc) is 3.28. The third kappa shape index (κ3) is 5.96. The summed E-state index contributed by atoms with van der Waals surface area (Å²) in [5.74, 6) is 1.65. The Balaban J connectivity index is 0.00000182. The Morgan fingerprint density at radius 1 is 1.30 bits per heavy atom. The van der Waals surface area contributed by atoms with Gasteiger partial charge in [0.25, 0.3) is 0 Å². The predicted octanol–water partition coefficient (Wildman–Crippen LogP) is 4.03. The number of amides is 1. The van der Waals surface area contributed by atoms with E-state index < -0.39 is 0 Å². The monoisotopic (exact) mass is 413 g/mol. The van der Waals surface area contributed by atoms with E-state index in [-0.39, 0.29) is 30.7 Å². The lowest BCUT2D eigenvalue weighted by Crippen LogP contribution is -2.42. The Morgan fingerprint density at radius 3 is 2.67 bits per heavy atom. The molecule has 1 unspecified atom stereocenters. The molecule has 0 bridgehead atoms. The highest BCUT2D eigenvalue weighted by molar-refractivity contribution is 5.85. The first-order chi connectivity index (χ1) is 12.2. The molecule has 1 N–H and O–H groups in total. The van der Waals surface area contributed by atoms with Crippen molar-refractivity contribution < 1.29 is 9.21 Å². The summed E-state index contributed by atoms with van der Waals surface area (Å²) in [6.07, 6.45) is 3.03. The fourth-order valence-corrected chi connectivity index (χ4v) is 3.43. The molecule has 1 fully saturated rings. The number of benzene rings is 1. The fraction of sp³-hybridized carbons (Fsp3) is 0.500. The quantitative estimate of drug-likeness (QED) is 0.744. The van der Waals surface area contributed by atoms with Crippen LogP contribution in [0.4, 0.5) is 0 Å². The van der Waals surface area contributed by atoms with Crippen LogP contribution in [0.25, 0.3) is 11.3 Å². The molecule has 1 aliphatic rings. The van der Waals surface area contributed by atoms with Crippen molar-refractivity contribution in [3.8, 4) is 11.3 Å². The molecule has 1 aromatic heterocycles. The van der Waals surface area contributed by atoms with Gasteiger partial charge in [-0.3, -0.25) is 4.79 Å². The Labute approximate surface area is 173 Å². The zero-order valence-electron chi connectivity index (χ0n) is 15.9. The van der Waals surface area contributed by atoms with Crippen LogP contribution in [0.1, 0.15) is 37.8 Å². The Hall–Kier alpha value is -1.56. The molecule has 3 rings (SSSR count). The maximum Gasteiger partial charge on any atom is 0.223 e. The highest BCUT2D eigenvalue weighted by Crippen LogP contribution is 2.24. The minimum absolute atomic E-state index is 0. The van der Waals surface area contributed by atoms with Crippen molar-refractivity contribution in [3.05, 3.63) is 41.9 Å². The second-order valence-electron chi connectivity index (χ2n) is 6.62. The van der Waals surface area contributed by atoms with Gasteiger partial charge < -0.3 is 14.6 Å². The summed E-state index contributed by atoms with van der Waals surface area (Å²) in [5.41, 5.74) is 1.90. The molecule has 150 valence electrons. The summed E-state index contributed by atoms with van der Waals surface area (Å²) < 4.78 is 5.92. The zero-order valence-corrected chi connectivity index (χ0v) is 17.6. The molecule has 0 spiro atoms. The molecule has 1 saturated heterocycles. The number of rotatable bonds is 7. The molecule has 0 radical (unpaired) electrons. The lowest BCUT2D eigenvalue weighted by Gasteiger charge is -2.28. The van der Waals surface area contributed by atoms with E-state index in [1.165, 1.54) is 0 Å². The van der Waals surface area contributed by atoms with Gasteiger partial charge in [-0.15, -0.1) is 24.8 Å². The summed E-state index contributed by atoms with van der Waals surface area (Å²) in [4.78, 5) is 19.2. The van der Waals surface area contributed by atoms with Gasteiger partial charge in [-0.25, -0.2) is 4.98 Å². The van der Waals surface area contributed by atoms with Crippen LogP contribution in [0, 0.1) is 6.92 Å². The lowest BCUT2D eigenvalue weighted by molar-refractivity contribution is -0.133. The lowest BCUT2D eigenvalue weighted by atomic mass is 10.1. The second kappa shape index (κ2) is 11.3. The van der Waals surface area contributed by atoms with E-state index in [1.807, 2.05) is 42.2 Å². The molecule has 2 aromatic rings. The van der Waals surface area contributed by atoms with Crippen molar-refractivity contribution in [1.82, 2.24) is 15.2 Å². The van der Waals surface area contributed by atoms with Gasteiger partial charge in [0.1, 0.15) is 0 Å². The van der Waals surface area contributed by atoms with Gasteiger partial charge in [0.05, 0.1) is 5.69 Å². The van der Waals surface area contributed by atoms with Gasteiger partial charge in [0, 0.05) is 37.5 Å². The van der Waals surface area contributed by atoms with Gasteiger partial charge in [0.15, 0.2) is 11.7 Å². The SMILES string of the molecule is CCCN(C(=O)CCc1nc(C)c(-c2ccccc2)o1)C1CCNC1.Cl.Cl. The van der Waals surface area contributed by atoms with E-state index in [0.29, 0.717) is 24.8 Å². The summed E-state index contributed by atoms with van der Waals surface area (Å²) in [5, 5.41) is 3.34. The first-order valence-corrected chi connectivity index (χ1v) is 9.21. The molecular weight excluding hydrogens is 385 g/mol. The van der Waals surface area contributed by atoms with Crippen LogP contribution < -0.4 is 5.32 Å². The van der Waals surface area contributed by atoms with Crippen LogP contribution >= 0.6 is 24.8 Å². The predicted molar refractivity (Wildman–Crippen MR) is 113 cm³/mol. The number of nitrogens with zero attached hydrogens (tertiary/aromatic N) is 2. The van der Waals surface area contributed by atoms with E-state index in [1.54, 1.807) is 0 Å². The first kappa shape index (κ1) is 23.5. The normalized spacial score (nSPS) is 15.7. The third-order valence-corrected chi connectivity index (χ3v) is 4.69. The second-order valence-corrected chi connectivity index (χ2v) is 6.62. The van der Waals surface area contributed by atoms with Crippen LogP contribution in [0.5, 0.6) is 0 Å². The molecule has 1 amide bonds. The Morgan fingerprint density at radius 2 is 2.04 bits per heavy atom. The van der Waals surface area contributed by atoms with Crippen molar-refractivity contribution in [2.45, 2.75) is 45.6 Å². The largest absolute Gasteiger partial charge is 0.440 e. The fourth-order valence-electron chi connectivity index (χ4n) is 3.43. The van der Waals surface area contributed by atoms with Gasteiger partial charge in [-0.1, -0.05) is 37.3 Å². The molecule has 1 atom stereocenters. The molecule has 1 aromatic carbocycles. The van der Waals surface area contributed by atoms with Gasteiger partial charge >= 0.3 is 0 Å². The van der Waals surface area contributed by atoms with Crippen LogP contribution in [0.3, 0.4) is 0 Å². The maximum atomic E-state index is 12.7. The van der Waals surface area contributed by atoms with Gasteiger partial charge in [-0.05, 0) is 26.3 Å². The highest BCUT2D eigenvalue weighted by atomic mass is 35.5. The number of hydrogen-bond donors (Lipinski definition) is 1. The summed E-state index contributed by atoms with van der Waals surface area (Å²) in [7, 11) is 0. The van der Waals surface area contributed by atoms with Crippen molar-refractivity contribution in [1.29, 1.82) is 0 Å². The standard InChI is InChI=1S/C20H27N3O2.2ClH/c1-3-13-23(17-11-12-21-14-17)19(24)10-9-18-22-15(2)20(25-18)16-7-5-4-6-8-16;;/h4-8,17,21H,3,9-14H2,1-2H3;2*1H. The number of nitrogens with one attached hydrogen (secondary N) is 1. The van der Waals surface area contributed by atoms with Crippen molar-refractivity contribution in [2.24, 2.45) is 0 Å². The minimum Gasteiger partial charge on any atom is -0.440 e. The van der Waals surface area contributed by atoms with E-state index >= 15 is 0 Å². The number of carbonyl (C=O) groups is 1. The number of carbonyl (C=O) groups excluding carboxylic acids is 1. The van der Waals surface area contributed by atoms with Gasteiger partial charge in [-0.2, -0.15) is 0 Å². The summed E-state index contributed by atoms with van der Waals surface area (Å²) in [6.45, 7) is 6.79. The zero-order chi connectivity index (χ0) is 17.6. The van der Waals surface area contributed by atoms with E-state index in [2.05, 4.69) is 17.2 Å². The van der Waals surface area contributed by atoms with Crippen molar-refractivity contribution >= 4 is 30.7 Å². The summed E-state index contributed by atoms with van der Waals surface area (Å²) >= 11 is 0. The topological polar surface area (TPSA) is 58.4 Å². The Kier molecular flexibility index (Phi) is 9.84. The highest BCUT2D eigenvalue weighted by Gasteiger charge is 2.26. The molecular formula is C20H29Cl2N3O2. The molecule has 0 aliphatic carbocycles. The minimum atomic E-state index is 0. The van der Waals surface area contributed by atoms with E-state index in [4.69, 9.17) is 4.42 Å². The average molecular weight is 414 g/mol. The molecule has 5 nitrogen and oxygen atoms in total. The number of aryl methyl sites for hydroxylation is 2. The van der Waals surface area contributed by atoms with Crippen molar-refractivity contribution in [2.75, 3.05) is 19.6 Å². The number of hydrogen-bond acceptors (Lipinski definition) is 4. The third-order valence-electron chi connectivity index (χ3n) is 4.69. The summed E-state index contributed by atoms with van der Waals surface area (Å²) in [6, 6.07) is 10.3. The smallest absolute Gasteiger partial charge is 0.223 e. The first-order valence-electron chi connectivity index (χ1n) is 9.21. The molecule has 7 heteroatoms. The number of aromatic nitrogens is 1. The van der Waals surface area contributed by atoms with Crippen LogP contribution in [0.2, 0.25) is 0 Å². The van der Waals surface area contributed by atoms with Gasteiger partial charge in [0.2, 0.25) is 5.91 Å². The molecule has 2 heterocycles. The van der Waals surface area contributed by atoms with E-state index in [9.17, 15) is 4.79 Å². The molecule has 1 aliphatic heterocycles. The molecule has 27 heavy (non-hydrogen) atoms. The number of oxazole rings is 1. The number of halogens is 2. The maximum absolute atomic E-state index is 12.7. The Bertz CT molecular complexity index is 701. The van der Waals surface area contributed by atoms with E-state index in [0.717, 1.165) is 49.5 Å². The van der Waals surface area contributed by atoms with Crippen LogP contribution in [-0.4, -0.2) is 41.5 Å². The van der Waals surface area contributed by atoms with Crippen molar-refractivity contribution in [3.63, 3.8) is 0 Å². The molecule has 0 saturated carbocycles. The van der Waals surface area contributed by atoms with Crippen LogP contribution in [0.15, 0.2) is 34.7 Å². The van der Waals surface area contributed by atoms with Crippen LogP contribution in [-0.2, 0) is 11.2 Å².